The molecule has 3 heteroatoms. The lowest BCUT2D eigenvalue weighted by Gasteiger charge is -2.52. The molecule has 2 fully saturated rings. The Bertz CT molecular complexity index is 835. The monoisotopic (exact) mass is 346 g/mol. The highest BCUT2D eigenvalue weighted by molar-refractivity contribution is 5.88. The van der Waals surface area contributed by atoms with Gasteiger partial charge in [0.2, 0.25) is 5.91 Å². The number of hydrogen-bond donors (Lipinski definition) is 1. The van der Waals surface area contributed by atoms with Crippen molar-refractivity contribution >= 4 is 11.5 Å². The average Bonchev–Trinajstić information content (AvgIpc) is 3.02. The van der Waals surface area contributed by atoms with Gasteiger partial charge in [-0.05, 0) is 66.6 Å². The fourth-order valence-electron chi connectivity index (χ4n) is 6.12. The molecule has 0 saturated heterocycles. The summed E-state index contributed by atoms with van der Waals surface area (Å²) in [5, 5.41) is 3.05. The highest BCUT2D eigenvalue weighted by atomic mass is 16.1. The second-order valence-corrected chi connectivity index (χ2v) is 8.54. The van der Waals surface area contributed by atoms with Crippen LogP contribution in [0, 0.1) is 23.2 Å². The second kappa shape index (κ2) is 5.94. The van der Waals surface area contributed by atoms with Gasteiger partial charge in [-0.15, -0.1) is 0 Å². The zero-order chi connectivity index (χ0) is 17.7. The van der Waals surface area contributed by atoms with Crippen LogP contribution in [0.4, 0.5) is 0 Å². The van der Waals surface area contributed by atoms with Gasteiger partial charge in [0.05, 0.1) is 0 Å². The van der Waals surface area contributed by atoms with Crippen molar-refractivity contribution < 1.29 is 4.79 Å². The maximum absolute atomic E-state index is 12.0. The van der Waals surface area contributed by atoms with E-state index in [2.05, 4.69) is 35.4 Å². The van der Waals surface area contributed by atoms with Crippen LogP contribution in [0.5, 0.6) is 0 Å². The second-order valence-electron chi connectivity index (χ2n) is 8.54. The van der Waals surface area contributed by atoms with E-state index in [4.69, 9.17) is 0 Å². The molecule has 2 heterocycles. The lowest BCUT2D eigenvalue weighted by atomic mass is 9.52. The van der Waals surface area contributed by atoms with Crippen LogP contribution in [0.2, 0.25) is 0 Å². The minimum absolute atomic E-state index is 0.108. The van der Waals surface area contributed by atoms with E-state index in [-0.39, 0.29) is 11.3 Å². The standard InChI is InChI=1S/C23H26N2O/c1-23-10-12-25-22(26)13-16(23)4-5-20-19-7-6-17(15-3-2-11-24-14-15)18(19)8-9-21(20)23/h2-3,6-7,11,13-14,18,20-21H,4-5,8-10,12H2,1H3,(H,25,26). The van der Waals surface area contributed by atoms with E-state index in [0.29, 0.717) is 17.8 Å². The molecule has 1 N–H and O–H groups in total. The molecule has 0 bridgehead atoms. The molecule has 0 aromatic carbocycles. The Hall–Kier alpha value is -2.16. The van der Waals surface area contributed by atoms with Crippen molar-refractivity contribution in [2.75, 3.05) is 6.54 Å². The summed E-state index contributed by atoms with van der Waals surface area (Å²) < 4.78 is 0. The van der Waals surface area contributed by atoms with E-state index in [1.807, 2.05) is 24.5 Å². The summed E-state index contributed by atoms with van der Waals surface area (Å²) in [4.78, 5) is 16.3. The summed E-state index contributed by atoms with van der Waals surface area (Å²) in [6, 6.07) is 4.22. The minimum Gasteiger partial charge on any atom is -0.353 e. The number of carbonyl (C=O) groups is 1. The van der Waals surface area contributed by atoms with Crippen LogP contribution in [0.25, 0.3) is 5.57 Å². The SMILES string of the molecule is CC12CCNC(=O)C=C1CCC1C3=CC=C(c4cccnc4)C3CCC12. The van der Waals surface area contributed by atoms with Crippen LogP contribution < -0.4 is 5.32 Å². The summed E-state index contributed by atoms with van der Waals surface area (Å²) in [6.07, 6.45) is 16.3. The third kappa shape index (κ3) is 2.33. The molecule has 1 amide bonds. The maximum Gasteiger partial charge on any atom is 0.243 e. The van der Waals surface area contributed by atoms with Gasteiger partial charge in [0, 0.05) is 30.9 Å². The molecule has 1 aliphatic heterocycles. The molecule has 4 unspecified atom stereocenters. The molecule has 5 rings (SSSR count). The summed E-state index contributed by atoms with van der Waals surface area (Å²) in [6.45, 7) is 3.22. The van der Waals surface area contributed by atoms with Crippen molar-refractivity contribution in [1.82, 2.24) is 10.3 Å². The summed E-state index contributed by atoms with van der Waals surface area (Å²) in [5.74, 6) is 2.01. The first-order valence-corrected chi connectivity index (χ1v) is 9.98. The number of carbonyl (C=O) groups excluding carboxylic acids is 1. The molecule has 1 aromatic heterocycles. The van der Waals surface area contributed by atoms with Crippen molar-refractivity contribution in [3.8, 4) is 0 Å². The highest BCUT2D eigenvalue weighted by Crippen LogP contribution is 2.60. The van der Waals surface area contributed by atoms with Gasteiger partial charge in [-0.3, -0.25) is 9.78 Å². The first kappa shape index (κ1) is 16.0. The molecule has 3 nitrogen and oxygen atoms in total. The minimum atomic E-state index is 0.108. The molecule has 4 aliphatic rings. The van der Waals surface area contributed by atoms with E-state index in [0.717, 1.165) is 19.4 Å². The van der Waals surface area contributed by atoms with Gasteiger partial charge in [-0.25, -0.2) is 0 Å². The topological polar surface area (TPSA) is 42.0 Å². The summed E-state index contributed by atoms with van der Waals surface area (Å²) in [5.41, 5.74) is 5.94. The van der Waals surface area contributed by atoms with E-state index in [1.54, 1.807) is 5.57 Å². The van der Waals surface area contributed by atoms with Gasteiger partial charge >= 0.3 is 0 Å². The largest absolute Gasteiger partial charge is 0.353 e. The average molecular weight is 346 g/mol. The quantitative estimate of drug-likeness (QED) is 0.824. The van der Waals surface area contributed by atoms with E-state index >= 15 is 0 Å². The van der Waals surface area contributed by atoms with Gasteiger partial charge < -0.3 is 5.32 Å². The Balaban J connectivity index is 1.45. The normalized spacial score (nSPS) is 35.8. The predicted octanol–water partition coefficient (Wildman–Crippen LogP) is 4.29. The van der Waals surface area contributed by atoms with Crippen LogP contribution in [0.1, 0.15) is 44.6 Å². The molecule has 0 radical (unpaired) electrons. The van der Waals surface area contributed by atoms with E-state index in [9.17, 15) is 4.79 Å². The van der Waals surface area contributed by atoms with E-state index in [1.165, 1.54) is 36.0 Å². The van der Waals surface area contributed by atoms with Crippen molar-refractivity contribution in [3.63, 3.8) is 0 Å². The predicted molar refractivity (Wildman–Crippen MR) is 103 cm³/mol. The van der Waals surface area contributed by atoms with Crippen LogP contribution in [-0.4, -0.2) is 17.4 Å². The van der Waals surface area contributed by atoms with Crippen LogP contribution in [-0.2, 0) is 4.79 Å². The Labute approximate surface area is 155 Å². The van der Waals surface area contributed by atoms with Crippen molar-refractivity contribution in [2.45, 2.75) is 39.0 Å². The first-order valence-electron chi connectivity index (χ1n) is 9.98. The highest BCUT2D eigenvalue weighted by Gasteiger charge is 2.50. The van der Waals surface area contributed by atoms with Gasteiger partial charge in [0.1, 0.15) is 0 Å². The Kier molecular flexibility index (Phi) is 3.66. The third-order valence-corrected chi connectivity index (χ3v) is 7.43. The molecule has 1 aromatic rings. The molecule has 26 heavy (non-hydrogen) atoms. The number of hydrogen-bond acceptors (Lipinski definition) is 2. The number of nitrogens with one attached hydrogen (secondary N) is 1. The van der Waals surface area contributed by atoms with E-state index < -0.39 is 0 Å². The zero-order valence-electron chi connectivity index (χ0n) is 15.4. The van der Waals surface area contributed by atoms with Crippen molar-refractivity contribution in [2.24, 2.45) is 23.2 Å². The van der Waals surface area contributed by atoms with Gasteiger partial charge in [-0.1, -0.05) is 36.3 Å². The smallest absolute Gasteiger partial charge is 0.243 e. The number of allylic oxidation sites excluding steroid dienone is 5. The lowest BCUT2D eigenvalue weighted by Crippen LogP contribution is -2.43. The van der Waals surface area contributed by atoms with Crippen LogP contribution in [0.3, 0.4) is 0 Å². The maximum atomic E-state index is 12.0. The van der Waals surface area contributed by atoms with Gasteiger partial charge in [0.15, 0.2) is 0 Å². The van der Waals surface area contributed by atoms with Crippen molar-refractivity contribution in [1.29, 1.82) is 0 Å². The first-order chi connectivity index (χ1) is 12.7. The molecule has 134 valence electrons. The zero-order valence-corrected chi connectivity index (χ0v) is 15.4. The number of fused-ring (bicyclic) bond motifs is 5. The molecule has 4 atom stereocenters. The lowest BCUT2D eigenvalue weighted by molar-refractivity contribution is -0.116. The Morgan fingerprint density at radius 1 is 1.23 bits per heavy atom. The Morgan fingerprint density at radius 2 is 2.15 bits per heavy atom. The van der Waals surface area contributed by atoms with Gasteiger partial charge in [-0.2, -0.15) is 0 Å². The molecular weight excluding hydrogens is 320 g/mol. The molecule has 2 saturated carbocycles. The molecule has 0 spiro atoms. The van der Waals surface area contributed by atoms with Crippen LogP contribution >= 0.6 is 0 Å². The molecular formula is C23H26N2O. The van der Waals surface area contributed by atoms with Crippen molar-refractivity contribution in [3.05, 3.63) is 59.5 Å². The fourth-order valence-corrected chi connectivity index (χ4v) is 6.12. The molecule has 3 aliphatic carbocycles. The number of pyridine rings is 1. The van der Waals surface area contributed by atoms with Crippen LogP contribution in [0.15, 0.2) is 53.9 Å². The summed E-state index contributed by atoms with van der Waals surface area (Å²) >= 11 is 0. The number of rotatable bonds is 1. The number of nitrogens with zero attached hydrogens (tertiary/aromatic N) is 1. The van der Waals surface area contributed by atoms with Gasteiger partial charge in [0.25, 0.3) is 0 Å². The summed E-state index contributed by atoms with van der Waals surface area (Å²) in [7, 11) is 0. The Morgan fingerprint density at radius 3 is 3.00 bits per heavy atom. The number of aromatic nitrogens is 1. The number of amides is 1. The third-order valence-electron chi connectivity index (χ3n) is 7.43. The fraction of sp³-hybridized carbons (Fsp3) is 0.478.